The van der Waals surface area contributed by atoms with Crippen molar-refractivity contribution in [2.45, 2.75) is 70.4 Å². The predicted molar refractivity (Wildman–Crippen MR) is 126 cm³/mol. The minimum atomic E-state index is -1.02. The first kappa shape index (κ1) is 22.6. The average Bonchev–Trinajstić information content (AvgIpc) is 3.37. The molecule has 1 N–H and O–H groups in total. The van der Waals surface area contributed by atoms with Crippen LogP contribution in [0.1, 0.15) is 68.0 Å². The maximum Gasteiger partial charge on any atom is 0.274 e. The van der Waals surface area contributed by atoms with Crippen LogP contribution < -0.4 is 15.6 Å². The molecule has 1 saturated carbocycles. The van der Waals surface area contributed by atoms with E-state index in [2.05, 4.69) is 12.2 Å². The maximum absolute atomic E-state index is 13.5. The molecule has 3 aromatic heterocycles. The molecule has 1 aliphatic carbocycles. The Balaban J connectivity index is 1.46. The Labute approximate surface area is 196 Å². The second-order valence-electron chi connectivity index (χ2n) is 9.47. The molecule has 0 spiro atoms. The Morgan fingerprint density at radius 3 is 2.79 bits per heavy atom. The summed E-state index contributed by atoms with van der Waals surface area (Å²) in [6, 6.07) is 4.43. The molecule has 4 heterocycles. The van der Waals surface area contributed by atoms with Crippen molar-refractivity contribution in [1.82, 2.24) is 14.0 Å². The summed E-state index contributed by atoms with van der Waals surface area (Å²) in [6.45, 7) is 6.45. The topological polar surface area (TPSA) is 86.9 Å². The van der Waals surface area contributed by atoms with Crippen LogP contribution in [0.3, 0.4) is 0 Å². The number of halogens is 1. The minimum Gasteiger partial charge on any atom is -0.490 e. The molecule has 1 amide bonds. The Hall–Kier alpha value is -3.20. The van der Waals surface area contributed by atoms with E-state index < -0.39 is 23.7 Å². The molecule has 9 heteroatoms. The molecule has 5 rings (SSSR count). The lowest BCUT2D eigenvalue weighted by Gasteiger charge is -2.25. The minimum absolute atomic E-state index is 0.0991. The normalized spacial score (nSPS) is 24.4. The van der Waals surface area contributed by atoms with E-state index in [0.717, 1.165) is 18.5 Å². The molecule has 1 saturated heterocycles. The Bertz CT molecular complexity index is 1280. The van der Waals surface area contributed by atoms with E-state index in [0.29, 0.717) is 24.4 Å². The lowest BCUT2D eigenvalue weighted by atomic mass is 9.96. The number of fused-ring (bicyclic) bond motifs is 1. The maximum atomic E-state index is 13.5. The number of nitrogens with one attached hydrogen (secondary N) is 1. The number of imidazole rings is 1. The summed E-state index contributed by atoms with van der Waals surface area (Å²) in [6.07, 6.45) is 6.49. The molecule has 3 aromatic rings. The molecular formula is C25H29FN4O4. The van der Waals surface area contributed by atoms with Crippen LogP contribution >= 0.6 is 0 Å². The third-order valence-corrected chi connectivity index (χ3v) is 6.36. The second-order valence-corrected chi connectivity index (χ2v) is 9.47. The van der Waals surface area contributed by atoms with E-state index in [1.54, 1.807) is 28.9 Å². The van der Waals surface area contributed by atoms with Crippen molar-refractivity contribution in [3.8, 4) is 5.75 Å². The highest BCUT2D eigenvalue weighted by Crippen LogP contribution is 2.37. The fourth-order valence-corrected chi connectivity index (χ4v) is 4.37. The number of rotatable bonds is 6. The molecule has 1 aliphatic heterocycles. The molecule has 0 radical (unpaired) electrons. The summed E-state index contributed by atoms with van der Waals surface area (Å²) in [5.41, 5.74) is 1.54. The quantitative estimate of drug-likeness (QED) is 0.589. The van der Waals surface area contributed by atoms with Gasteiger partial charge in [-0.25, -0.2) is 9.37 Å². The highest BCUT2D eigenvalue weighted by molar-refractivity contribution is 6.06. The van der Waals surface area contributed by atoms with Crippen LogP contribution in [0.2, 0.25) is 0 Å². The SMILES string of the molecule is CC(C)Oc1cc2nc(C3CCC(C)OC3)cn2cc1C(=O)Nc1cccn([C@@H]2C[C@@H]2F)c1=O. The van der Waals surface area contributed by atoms with Gasteiger partial charge in [0.1, 0.15) is 23.3 Å². The number of hydrogen-bond acceptors (Lipinski definition) is 5. The van der Waals surface area contributed by atoms with Crippen LogP contribution in [0.5, 0.6) is 5.75 Å². The van der Waals surface area contributed by atoms with Crippen LogP contribution in [0, 0.1) is 0 Å². The largest absolute Gasteiger partial charge is 0.490 e. The van der Waals surface area contributed by atoms with Gasteiger partial charge in [0.25, 0.3) is 11.5 Å². The number of carbonyl (C=O) groups excluding carboxylic acids is 1. The van der Waals surface area contributed by atoms with Crippen molar-refractivity contribution in [3.05, 3.63) is 58.4 Å². The van der Waals surface area contributed by atoms with Gasteiger partial charge in [0, 0.05) is 37.0 Å². The number of pyridine rings is 2. The summed E-state index contributed by atoms with van der Waals surface area (Å²) in [7, 11) is 0. The first-order valence-corrected chi connectivity index (χ1v) is 11.8. The lowest BCUT2D eigenvalue weighted by Crippen LogP contribution is -2.26. The lowest BCUT2D eigenvalue weighted by molar-refractivity contribution is 0.0147. The van der Waals surface area contributed by atoms with Crippen LogP contribution in [0.25, 0.3) is 5.65 Å². The van der Waals surface area contributed by atoms with Crippen molar-refractivity contribution in [1.29, 1.82) is 0 Å². The van der Waals surface area contributed by atoms with Gasteiger partial charge >= 0.3 is 0 Å². The average molecular weight is 469 g/mol. The van der Waals surface area contributed by atoms with E-state index in [-0.39, 0.29) is 29.4 Å². The number of ether oxygens (including phenoxy) is 2. The van der Waals surface area contributed by atoms with Crippen molar-refractivity contribution in [3.63, 3.8) is 0 Å². The van der Waals surface area contributed by atoms with Crippen molar-refractivity contribution in [2.75, 3.05) is 11.9 Å². The van der Waals surface area contributed by atoms with E-state index in [4.69, 9.17) is 14.5 Å². The molecule has 4 atom stereocenters. The van der Waals surface area contributed by atoms with E-state index in [9.17, 15) is 14.0 Å². The third kappa shape index (κ3) is 4.44. The molecule has 8 nitrogen and oxygen atoms in total. The molecule has 2 aliphatic rings. The Morgan fingerprint density at radius 2 is 2.12 bits per heavy atom. The highest BCUT2D eigenvalue weighted by atomic mass is 19.1. The number of anilines is 1. The smallest absolute Gasteiger partial charge is 0.274 e. The van der Waals surface area contributed by atoms with Gasteiger partial charge in [-0.2, -0.15) is 0 Å². The number of amides is 1. The molecule has 180 valence electrons. The molecule has 34 heavy (non-hydrogen) atoms. The second kappa shape index (κ2) is 8.87. The van der Waals surface area contributed by atoms with Gasteiger partial charge < -0.3 is 23.8 Å². The zero-order valence-corrected chi connectivity index (χ0v) is 19.5. The zero-order valence-electron chi connectivity index (χ0n) is 19.5. The Morgan fingerprint density at radius 1 is 1.32 bits per heavy atom. The van der Waals surface area contributed by atoms with Gasteiger partial charge in [0.05, 0.1) is 36.1 Å². The standard InChI is InChI=1S/C25H29FN4O4/c1-14(2)34-22-10-23-27-20(16-7-6-15(3)33-13-16)12-29(23)11-17(22)24(31)28-19-5-4-8-30(25(19)32)21-9-18(21)26/h4-5,8,10-12,14-16,18,21H,6-7,9,13H2,1-3H3,(H,28,31)/t15?,16?,18-,21+/m0/s1. The van der Waals surface area contributed by atoms with Crippen LogP contribution in [-0.2, 0) is 4.74 Å². The molecule has 0 aromatic carbocycles. The summed E-state index contributed by atoms with van der Waals surface area (Å²) in [5, 5.41) is 2.69. The highest BCUT2D eigenvalue weighted by Gasteiger charge is 2.40. The fourth-order valence-electron chi connectivity index (χ4n) is 4.37. The van der Waals surface area contributed by atoms with Gasteiger partial charge in [-0.3, -0.25) is 9.59 Å². The van der Waals surface area contributed by atoms with Crippen molar-refractivity contribution >= 4 is 17.2 Å². The van der Waals surface area contributed by atoms with Gasteiger partial charge in [-0.05, 0) is 45.7 Å². The number of hydrogen-bond donors (Lipinski definition) is 1. The van der Waals surface area contributed by atoms with E-state index in [1.165, 1.54) is 10.6 Å². The van der Waals surface area contributed by atoms with E-state index in [1.807, 2.05) is 20.0 Å². The van der Waals surface area contributed by atoms with Crippen molar-refractivity contribution in [2.24, 2.45) is 0 Å². The predicted octanol–water partition coefficient (Wildman–Crippen LogP) is 4.10. The van der Waals surface area contributed by atoms with Gasteiger partial charge in [0.2, 0.25) is 0 Å². The molecule has 2 unspecified atom stereocenters. The summed E-state index contributed by atoms with van der Waals surface area (Å²) in [5.74, 6) is 0.102. The van der Waals surface area contributed by atoms with Gasteiger partial charge in [-0.15, -0.1) is 0 Å². The summed E-state index contributed by atoms with van der Waals surface area (Å²) in [4.78, 5) is 30.8. The third-order valence-electron chi connectivity index (χ3n) is 6.36. The summed E-state index contributed by atoms with van der Waals surface area (Å²) < 4.78 is 28.4. The number of alkyl halides is 1. The first-order valence-electron chi connectivity index (χ1n) is 11.8. The van der Waals surface area contributed by atoms with Crippen molar-refractivity contribution < 1.29 is 18.7 Å². The van der Waals surface area contributed by atoms with Gasteiger partial charge in [0.15, 0.2) is 0 Å². The van der Waals surface area contributed by atoms with Crippen LogP contribution in [-0.4, -0.2) is 44.8 Å². The molecule has 2 fully saturated rings. The summed E-state index contributed by atoms with van der Waals surface area (Å²) >= 11 is 0. The monoisotopic (exact) mass is 468 g/mol. The molecular weight excluding hydrogens is 439 g/mol. The molecule has 0 bridgehead atoms. The number of nitrogens with zero attached hydrogens (tertiary/aromatic N) is 3. The van der Waals surface area contributed by atoms with E-state index >= 15 is 0 Å². The number of carbonyl (C=O) groups is 1. The number of aromatic nitrogens is 3. The van der Waals surface area contributed by atoms with Gasteiger partial charge in [-0.1, -0.05) is 0 Å². The first-order chi connectivity index (χ1) is 16.3. The zero-order chi connectivity index (χ0) is 24.0. The fraction of sp³-hybridized carbons (Fsp3) is 0.480. The van der Waals surface area contributed by atoms with Crippen LogP contribution in [0.15, 0.2) is 41.6 Å². The Kier molecular flexibility index (Phi) is 5.89. The van der Waals surface area contributed by atoms with Crippen LogP contribution in [0.4, 0.5) is 10.1 Å².